The summed E-state index contributed by atoms with van der Waals surface area (Å²) in [7, 11) is 1.38. The van der Waals surface area contributed by atoms with E-state index in [-0.39, 0.29) is 18.2 Å². The van der Waals surface area contributed by atoms with Crippen LogP contribution in [0.25, 0.3) is 16.1 Å². The number of carbonyl (C=O) groups is 2. The Bertz CT molecular complexity index is 1530. The van der Waals surface area contributed by atoms with Gasteiger partial charge in [0.15, 0.2) is 11.6 Å². The largest absolute Gasteiger partial charge is 0.469 e. The lowest BCUT2D eigenvalue weighted by Crippen LogP contribution is -2.12. The van der Waals surface area contributed by atoms with Gasteiger partial charge >= 0.3 is 5.97 Å². The topological polar surface area (TPSA) is 86.4 Å². The van der Waals surface area contributed by atoms with Gasteiger partial charge in [0.2, 0.25) is 0 Å². The number of esters is 1. The normalized spacial score (nSPS) is 14.5. The molecule has 0 bridgehead atoms. The molecule has 0 spiro atoms. The summed E-state index contributed by atoms with van der Waals surface area (Å²) in [4.78, 5) is 30.7. The van der Waals surface area contributed by atoms with E-state index in [9.17, 15) is 9.59 Å². The highest BCUT2D eigenvalue weighted by atomic mass is 32.1. The smallest absolute Gasteiger partial charge is 0.308 e. The molecule has 0 saturated heterocycles. The molecule has 0 amide bonds. The van der Waals surface area contributed by atoms with Gasteiger partial charge in [0.25, 0.3) is 0 Å². The van der Waals surface area contributed by atoms with Gasteiger partial charge < -0.3 is 4.74 Å². The fourth-order valence-electron chi connectivity index (χ4n) is 4.62. The number of hydrogen-bond acceptors (Lipinski definition) is 7. The number of nitrogens with zero attached hydrogens (tertiary/aromatic N) is 4. The molecule has 5 rings (SSSR count). The van der Waals surface area contributed by atoms with Gasteiger partial charge in [0, 0.05) is 21.6 Å². The van der Waals surface area contributed by atoms with Crippen LogP contribution in [0.2, 0.25) is 0 Å². The summed E-state index contributed by atoms with van der Waals surface area (Å²) in [6, 6.07) is 15.2. The molecule has 182 valence electrons. The molecule has 8 heteroatoms. The molecule has 2 aromatic carbocycles. The van der Waals surface area contributed by atoms with Crippen molar-refractivity contribution < 1.29 is 14.3 Å². The Labute approximate surface area is 213 Å². The summed E-state index contributed by atoms with van der Waals surface area (Å²) in [6.07, 6.45) is 0.0647. The predicted molar refractivity (Wildman–Crippen MR) is 140 cm³/mol. The summed E-state index contributed by atoms with van der Waals surface area (Å²) in [6.45, 7) is 7.68. The summed E-state index contributed by atoms with van der Waals surface area (Å²) in [5.41, 5.74) is 6.42. The van der Waals surface area contributed by atoms with Gasteiger partial charge in [-0.15, -0.1) is 21.5 Å². The Balaban J connectivity index is 1.68. The Morgan fingerprint density at radius 3 is 2.39 bits per heavy atom. The van der Waals surface area contributed by atoms with Gasteiger partial charge in [-0.05, 0) is 44.4 Å². The summed E-state index contributed by atoms with van der Waals surface area (Å²) < 4.78 is 6.98. The second-order valence-corrected chi connectivity index (χ2v) is 10.1. The number of hydrogen-bond donors (Lipinski definition) is 0. The number of ether oxygens (including phenoxy) is 1. The molecule has 4 aromatic rings. The van der Waals surface area contributed by atoms with Crippen molar-refractivity contribution in [2.24, 2.45) is 4.99 Å². The fraction of sp³-hybridized carbons (Fsp3) is 0.250. The molecule has 0 unspecified atom stereocenters. The van der Waals surface area contributed by atoms with E-state index in [2.05, 4.69) is 24.0 Å². The van der Waals surface area contributed by atoms with Gasteiger partial charge in [-0.1, -0.05) is 48.5 Å². The molecule has 0 saturated carbocycles. The molecule has 1 aliphatic rings. The minimum Gasteiger partial charge on any atom is -0.469 e. The summed E-state index contributed by atoms with van der Waals surface area (Å²) in [5, 5.41) is 9.70. The number of carbonyl (C=O) groups excluding carboxylic acids is 2. The van der Waals surface area contributed by atoms with E-state index in [1.807, 2.05) is 60.0 Å². The van der Waals surface area contributed by atoms with Gasteiger partial charge in [-0.3, -0.25) is 19.1 Å². The minimum atomic E-state index is -0.536. The summed E-state index contributed by atoms with van der Waals surface area (Å²) >= 11 is 1.67. The van der Waals surface area contributed by atoms with E-state index in [1.165, 1.54) is 12.0 Å². The number of methoxy groups -OCH3 is 1. The molecule has 0 fully saturated rings. The number of thiophene rings is 1. The molecular weight excluding hydrogens is 472 g/mol. The van der Waals surface area contributed by atoms with Crippen LogP contribution in [0.3, 0.4) is 0 Å². The van der Waals surface area contributed by atoms with Crippen LogP contribution in [0.15, 0.2) is 53.5 Å². The van der Waals surface area contributed by atoms with Crippen LogP contribution in [0.4, 0.5) is 0 Å². The van der Waals surface area contributed by atoms with Crippen LogP contribution >= 0.6 is 11.3 Å². The molecule has 0 radical (unpaired) electrons. The van der Waals surface area contributed by atoms with Crippen LogP contribution in [-0.4, -0.2) is 39.3 Å². The van der Waals surface area contributed by atoms with Crippen LogP contribution in [-0.2, 0) is 9.53 Å². The molecule has 1 atom stereocenters. The second-order valence-electron chi connectivity index (χ2n) is 8.86. The number of aliphatic imine (C=N–C) groups is 1. The number of aryl methyl sites for hydroxylation is 2. The number of rotatable bonds is 5. The number of Topliss-reactive ketones (excluding diaryl/α,β-unsaturated/α-hetero) is 1. The molecule has 2 aromatic heterocycles. The Morgan fingerprint density at radius 1 is 1.00 bits per heavy atom. The first-order valence-corrected chi connectivity index (χ1v) is 12.5. The third-order valence-corrected chi connectivity index (χ3v) is 7.80. The minimum absolute atomic E-state index is 0.0286. The van der Waals surface area contributed by atoms with E-state index in [1.54, 1.807) is 18.3 Å². The highest BCUT2D eigenvalue weighted by molar-refractivity contribution is 7.15. The number of fused-ring (bicyclic) bond motifs is 3. The lowest BCUT2D eigenvalue weighted by Gasteiger charge is -2.12. The van der Waals surface area contributed by atoms with Gasteiger partial charge in [-0.2, -0.15) is 0 Å². The standard InChI is InChI=1S/C28H26N4O3S/c1-15-17(3)36-28-25(15)26(29-23(14-24(34)35-5)27-31-30-18(4)32(27)28)20-12-10-19(11-13-20)22-9-7-6-8-21(22)16(2)33/h6-13,23H,14H2,1-5H3/t23-/m0/s1. The van der Waals surface area contributed by atoms with Gasteiger partial charge in [0.1, 0.15) is 16.9 Å². The summed E-state index contributed by atoms with van der Waals surface area (Å²) in [5.74, 6) is 1.04. The first-order chi connectivity index (χ1) is 17.3. The van der Waals surface area contributed by atoms with E-state index in [0.29, 0.717) is 11.4 Å². The Hall–Kier alpha value is -3.91. The van der Waals surface area contributed by atoms with Crippen molar-refractivity contribution in [3.63, 3.8) is 0 Å². The van der Waals surface area contributed by atoms with E-state index in [0.717, 1.165) is 44.4 Å². The zero-order valence-electron chi connectivity index (χ0n) is 20.8. The van der Waals surface area contributed by atoms with Crippen LogP contribution in [0, 0.1) is 20.8 Å². The zero-order chi connectivity index (χ0) is 25.6. The van der Waals surface area contributed by atoms with E-state index < -0.39 is 6.04 Å². The lowest BCUT2D eigenvalue weighted by molar-refractivity contribution is -0.141. The number of benzene rings is 2. The maximum absolute atomic E-state index is 12.3. The maximum Gasteiger partial charge on any atom is 0.308 e. The monoisotopic (exact) mass is 498 g/mol. The molecule has 1 aliphatic heterocycles. The van der Waals surface area contributed by atoms with Crippen molar-refractivity contribution in [1.82, 2.24) is 14.8 Å². The number of aromatic nitrogens is 3. The van der Waals surface area contributed by atoms with Crippen LogP contribution in [0.1, 0.15) is 63.0 Å². The maximum atomic E-state index is 12.3. The molecule has 3 heterocycles. The second kappa shape index (κ2) is 9.28. The fourth-order valence-corrected chi connectivity index (χ4v) is 5.83. The van der Waals surface area contributed by atoms with Crippen molar-refractivity contribution in [2.45, 2.75) is 40.2 Å². The highest BCUT2D eigenvalue weighted by Crippen LogP contribution is 2.39. The van der Waals surface area contributed by atoms with Gasteiger partial charge in [0.05, 0.1) is 19.2 Å². The first-order valence-electron chi connectivity index (χ1n) is 11.7. The molecular formula is C28H26N4O3S. The van der Waals surface area contributed by atoms with Gasteiger partial charge in [-0.25, -0.2) is 0 Å². The lowest BCUT2D eigenvalue weighted by atomic mass is 9.94. The number of ketones is 1. The van der Waals surface area contributed by atoms with Crippen LogP contribution in [0.5, 0.6) is 0 Å². The average molecular weight is 499 g/mol. The van der Waals surface area contributed by atoms with E-state index >= 15 is 0 Å². The SMILES string of the molecule is COC(=O)C[C@@H]1N=C(c2ccc(-c3ccccc3C(C)=O)cc2)c2c(sc(C)c2C)-n2c(C)nnc21. The quantitative estimate of drug-likeness (QED) is 0.265. The third-order valence-electron chi connectivity index (χ3n) is 6.60. The van der Waals surface area contributed by atoms with Crippen molar-refractivity contribution >= 4 is 28.8 Å². The predicted octanol–water partition coefficient (Wildman–Crippen LogP) is 5.58. The molecule has 36 heavy (non-hydrogen) atoms. The zero-order valence-corrected chi connectivity index (χ0v) is 21.6. The molecule has 7 nitrogen and oxygen atoms in total. The average Bonchev–Trinajstić information content (AvgIpc) is 3.36. The van der Waals surface area contributed by atoms with Crippen molar-refractivity contribution in [2.75, 3.05) is 7.11 Å². The van der Waals surface area contributed by atoms with E-state index in [4.69, 9.17) is 9.73 Å². The molecule has 0 N–H and O–H groups in total. The first kappa shape index (κ1) is 23.8. The Kier molecular flexibility index (Phi) is 6.14. The Morgan fingerprint density at radius 2 is 1.69 bits per heavy atom. The highest BCUT2D eigenvalue weighted by Gasteiger charge is 2.32. The van der Waals surface area contributed by atoms with Crippen LogP contribution < -0.4 is 0 Å². The third kappa shape index (κ3) is 3.97. The van der Waals surface area contributed by atoms with Crippen molar-refractivity contribution in [1.29, 1.82) is 0 Å². The molecule has 0 aliphatic carbocycles. The van der Waals surface area contributed by atoms with Crippen molar-refractivity contribution in [3.05, 3.63) is 87.3 Å². The van der Waals surface area contributed by atoms with Crippen molar-refractivity contribution in [3.8, 4) is 16.1 Å².